The standard InChI is InChI=1S/C5H8BrN5O/c6-4-8-1-2(7)9-5(12)11-3(1)10-4/h3-5,10-12H,(H2,7,9). The van der Waals surface area contributed by atoms with Crippen molar-refractivity contribution < 1.29 is 5.11 Å². The molecule has 12 heavy (non-hydrogen) atoms. The molecule has 0 aromatic heterocycles. The lowest BCUT2D eigenvalue weighted by atomic mass is 10.2. The summed E-state index contributed by atoms with van der Waals surface area (Å²) in [5.74, 6) is 0.278. The number of aliphatic imine (C=N–C) groups is 2. The van der Waals surface area contributed by atoms with Gasteiger partial charge < -0.3 is 10.8 Å². The van der Waals surface area contributed by atoms with Crippen LogP contribution in [0.3, 0.4) is 0 Å². The third-order valence-corrected chi connectivity index (χ3v) is 2.14. The molecule has 0 radical (unpaired) electrons. The Morgan fingerprint density at radius 1 is 1.42 bits per heavy atom. The minimum Gasteiger partial charge on any atom is -0.382 e. The largest absolute Gasteiger partial charge is 0.382 e. The van der Waals surface area contributed by atoms with Crippen molar-refractivity contribution in [2.24, 2.45) is 15.7 Å². The van der Waals surface area contributed by atoms with E-state index in [0.29, 0.717) is 5.71 Å². The van der Waals surface area contributed by atoms with Gasteiger partial charge in [-0.1, -0.05) is 0 Å². The molecule has 2 aliphatic heterocycles. The molecule has 0 aromatic carbocycles. The van der Waals surface area contributed by atoms with Crippen molar-refractivity contribution in [3.05, 3.63) is 0 Å². The Kier molecular flexibility index (Phi) is 1.87. The average molecular weight is 234 g/mol. The second-order valence-corrected chi connectivity index (χ2v) is 3.37. The number of aliphatic hydroxyl groups is 1. The zero-order valence-electron chi connectivity index (χ0n) is 6.03. The third kappa shape index (κ3) is 1.24. The first-order valence-corrected chi connectivity index (χ1v) is 4.34. The fourth-order valence-corrected chi connectivity index (χ4v) is 1.66. The van der Waals surface area contributed by atoms with Gasteiger partial charge in [-0.15, -0.1) is 0 Å². The molecule has 0 saturated carbocycles. The smallest absolute Gasteiger partial charge is 0.205 e. The van der Waals surface area contributed by atoms with E-state index in [-0.39, 0.29) is 17.1 Å². The number of fused-ring (bicyclic) bond motifs is 1. The molecule has 0 bridgehead atoms. The number of aliphatic hydroxyl groups excluding tert-OH is 1. The lowest BCUT2D eigenvalue weighted by Gasteiger charge is -2.22. The highest BCUT2D eigenvalue weighted by atomic mass is 79.9. The number of alkyl halides is 1. The Balaban J connectivity index is 2.28. The molecule has 0 saturated heterocycles. The monoisotopic (exact) mass is 233 g/mol. The molecule has 7 heteroatoms. The Labute approximate surface area is 77.1 Å². The maximum Gasteiger partial charge on any atom is 0.205 e. The van der Waals surface area contributed by atoms with Crippen LogP contribution in [0.25, 0.3) is 0 Å². The van der Waals surface area contributed by atoms with Crippen LogP contribution in [0, 0.1) is 0 Å². The molecule has 0 spiro atoms. The van der Waals surface area contributed by atoms with E-state index in [2.05, 4.69) is 36.5 Å². The van der Waals surface area contributed by atoms with E-state index in [1.165, 1.54) is 0 Å². The summed E-state index contributed by atoms with van der Waals surface area (Å²) in [6.45, 7) is 0. The van der Waals surface area contributed by atoms with Crippen LogP contribution >= 0.6 is 15.9 Å². The SMILES string of the molecule is NC1=NC(O)NC2NC(Br)N=C12. The van der Waals surface area contributed by atoms with Gasteiger partial charge in [-0.05, 0) is 15.9 Å². The molecule has 2 heterocycles. The predicted molar refractivity (Wildman–Crippen MR) is 47.8 cm³/mol. The van der Waals surface area contributed by atoms with E-state index >= 15 is 0 Å². The number of nitrogens with two attached hydrogens (primary N) is 1. The van der Waals surface area contributed by atoms with E-state index in [0.717, 1.165) is 0 Å². The number of halogens is 1. The number of hydrogen-bond acceptors (Lipinski definition) is 6. The molecule has 2 aliphatic rings. The predicted octanol–water partition coefficient (Wildman–Crippen LogP) is -1.73. The molecule has 2 rings (SSSR count). The summed E-state index contributed by atoms with van der Waals surface area (Å²) in [6, 6.07) is 0. The van der Waals surface area contributed by atoms with E-state index < -0.39 is 6.35 Å². The highest BCUT2D eigenvalue weighted by Gasteiger charge is 2.32. The molecule has 3 atom stereocenters. The Hall–Kier alpha value is -0.500. The summed E-state index contributed by atoms with van der Waals surface area (Å²) < 4.78 is 0. The van der Waals surface area contributed by atoms with Crippen LogP contribution in [-0.4, -0.2) is 34.2 Å². The first-order valence-electron chi connectivity index (χ1n) is 3.42. The Morgan fingerprint density at radius 3 is 2.92 bits per heavy atom. The molecule has 5 N–H and O–H groups in total. The van der Waals surface area contributed by atoms with Crippen molar-refractivity contribution in [3.63, 3.8) is 0 Å². The van der Waals surface area contributed by atoms with Crippen molar-refractivity contribution >= 4 is 27.5 Å². The summed E-state index contributed by atoms with van der Waals surface area (Å²) in [6.07, 6.45) is -1.15. The van der Waals surface area contributed by atoms with Gasteiger partial charge in [0.1, 0.15) is 17.7 Å². The lowest BCUT2D eigenvalue weighted by molar-refractivity contribution is 0.134. The van der Waals surface area contributed by atoms with Crippen LogP contribution in [0.15, 0.2) is 9.98 Å². The normalized spacial score (nSPS) is 40.3. The Morgan fingerprint density at radius 2 is 2.17 bits per heavy atom. The van der Waals surface area contributed by atoms with Crippen molar-refractivity contribution in [2.75, 3.05) is 0 Å². The number of nitrogens with zero attached hydrogens (tertiary/aromatic N) is 2. The minimum atomic E-state index is -0.945. The van der Waals surface area contributed by atoms with E-state index in [4.69, 9.17) is 10.8 Å². The quantitative estimate of drug-likeness (QED) is 0.296. The Bertz CT molecular complexity index is 265. The fourth-order valence-electron chi connectivity index (χ4n) is 1.18. The van der Waals surface area contributed by atoms with E-state index in [9.17, 15) is 0 Å². The van der Waals surface area contributed by atoms with Crippen LogP contribution in [0.4, 0.5) is 0 Å². The van der Waals surface area contributed by atoms with Crippen LogP contribution in [0.1, 0.15) is 0 Å². The van der Waals surface area contributed by atoms with Gasteiger partial charge in [0.25, 0.3) is 0 Å². The van der Waals surface area contributed by atoms with Gasteiger partial charge in [0, 0.05) is 0 Å². The summed E-state index contributed by atoms with van der Waals surface area (Å²) in [5.41, 5.74) is 6.17. The van der Waals surface area contributed by atoms with Gasteiger partial charge in [0.2, 0.25) is 6.35 Å². The highest BCUT2D eigenvalue weighted by Crippen LogP contribution is 2.11. The van der Waals surface area contributed by atoms with Crippen LogP contribution in [-0.2, 0) is 0 Å². The van der Waals surface area contributed by atoms with Crippen molar-refractivity contribution in [3.8, 4) is 0 Å². The minimum absolute atomic E-state index is 0.163. The number of hydrogen-bond donors (Lipinski definition) is 4. The molecule has 0 fully saturated rings. The van der Waals surface area contributed by atoms with Crippen LogP contribution in [0.5, 0.6) is 0 Å². The van der Waals surface area contributed by atoms with Gasteiger partial charge >= 0.3 is 0 Å². The molecule has 0 aromatic rings. The van der Waals surface area contributed by atoms with Crippen molar-refractivity contribution in [2.45, 2.75) is 17.6 Å². The maximum atomic E-state index is 9.12. The van der Waals surface area contributed by atoms with Crippen LogP contribution < -0.4 is 16.4 Å². The van der Waals surface area contributed by atoms with Crippen molar-refractivity contribution in [1.82, 2.24) is 10.6 Å². The summed E-state index contributed by atoms with van der Waals surface area (Å²) in [7, 11) is 0. The number of rotatable bonds is 0. The highest BCUT2D eigenvalue weighted by molar-refractivity contribution is 9.09. The third-order valence-electron chi connectivity index (χ3n) is 1.67. The van der Waals surface area contributed by atoms with E-state index in [1.807, 2.05) is 0 Å². The molecule has 66 valence electrons. The molecule has 0 aliphatic carbocycles. The topological polar surface area (TPSA) is 95.0 Å². The van der Waals surface area contributed by atoms with E-state index in [1.54, 1.807) is 0 Å². The molecule has 0 amide bonds. The van der Waals surface area contributed by atoms with Gasteiger partial charge in [-0.25, -0.2) is 4.99 Å². The van der Waals surface area contributed by atoms with Gasteiger partial charge in [0.05, 0.1) is 0 Å². The first kappa shape index (κ1) is 8.11. The first-order chi connectivity index (χ1) is 5.66. The zero-order valence-corrected chi connectivity index (χ0v) is 7.62. The molecular formula is C5H8BrN5O. The van der Waals surface area contributed by atoms with Gasteiger partial charge in [0.15, 0.2) is 5.08 Å². The summed E-state index contributed by atoms with van der Waals surface area (Å²) in [4.78, 5) is 7.83. The van der Waals surface area contributed by atoms with Gasteiger partial charge in [-0.2, -0.15) is 0 Å². The lowest BCUT2D eigenvalue weighted by Crippen LogP contribution is -2.56. The van der Waals surface area contributed by atoms with Crippen LogP contribution in [0.2, 0.25) is 0 Å². The average Bonchev–Trinajstić information content (AvgIpc) is 2.29. The summed E-state index contributed by atoms with van der Waals surface area (Å²) >= 11 is 3.25. The molecular weight excluding hydrogens is 226 g/mol. The molecule has 3 unspecified atom stereocenters. The molecule has 6 nitrogen and oxygen atoms in total. The maximum absolute atomic E-state index is 9.12. The second kappa shape index (κ2) is 2.77. The number of nitrogens with one attached hydrogen (secondary N) is 2. The zero-order chi connectivity index (χ0) is 8.72. The fraction of sp³-hybridized carbons (Fsp3) is 0.600. The van der Waals surface area contributed by atoms with Crippen molar-refractivity contribution in [1.29, 1.82) is 0 Å². The van der Waals surface area contributed by atoms with Gasteiger partial charge in [-0.3, -0.25) is 15.6 Å². The second-order valence-electron chi connectivity index (χ2n) is 2.50. The summed E-state index contributed by atoms with van der Waals surface area (Å²) in [5, 5.41) is 14.7. The number of amidine groups is 1.